The number of hydrogen-bond donors (Lipinski definition) is 0. The van der Waals surface area contributed by atoms with E-state index in [-0.39, 0.29) is 38.4 Å². The minimum atomic E-state index is -1.69. The van der Waals surface area contributed by atoms with E-state index in [4.69, 9.17) is 0 Å². The third kappa shape index (κ3) is 4.53. The van der Waals surface area contributed by atoms with Crippen molar-refractivity contribution in [1.82, 2.24) is 9.80 Å². The number of halogens is 3. The molecule has 1 aliphatic heterocycles. The summed E-state index contributed by atoms with van der Waals surface area (Å²) in [7, 11) is 1.24. The van der Waals surface area contributed by atoms with E-state index < -0.39 is 34.9 Å². The highest BCUT2D eigenvalue weighted by Crippen LogP contribution is 2.18. The van der Waals surface area contributed by atoms with Gasteiger partial charge >= 0.3 is 5.97 Å². The summed E-state index contributed by atoms with van der Waals surface area (Å²) in [6, 6.07) is 1.60. The average molecular weight is 372 g/mol. The molecule has 26 heavy (non-hydrogen) atoms. The molecule has 0 N–H and O–H groups in total. The van der Waals surface area contributed by atoms with Crippen LogP contribution in [0.15, 0.2) is 12.1 Å². The van der Waals surface area contributed by atoms with Gasteiger partial charge in [0.2, 0.25) is 5.91 Å². The van der Waals surface area contributed by atoms with E-state index in [1.54, 1.807) is 0 Å². The first-order chi connectivity index (χ1) is 12.3. The largest absolute Gasteiger partial charge is 0.469 e. The molecule has 9 heteroatoms. The topological polar surface area (TPSA) is 66.9 Å². The molecular weight excluding hydrogens is 353 g/mol. The van der Waals surface area contributed by atoms with Crippen molar-refractivity contribution < 1.29 is 32.3 Å². The van der Waals surface area contributed by atoms with Gasteiger partial charge in [-0.2, -0.15) is 0 Å². The summed E-state index contributed by atoms with van der Waals surface area (Å²) in [6.45, 7) is 0.959. The third-order valence-electron chi connectivity index (χ3n) is 4.17. The molecule has 0 bridgehead atoms. The summed E-state index contributed by atoms with van der Waals surface area (Å²) in [6.07, 6.45) is 0.411. The van der Waals surface area contributed by atoms with Gasteiger partial charge in [0.05, 0.1) is 19.1 Å². The fraction of sp³-hybridized carbons (Fsp3) is 0.471. The lowest BCUT2D eigenvalue weighted by Crippen LogP contribution is -2.37. The number of nitrogens with zero attached hydrogens (tertiary/aromatic N) is 2. The minimum Gasteiger partial charge on any atom is -0.469 e. The van der Waals surface area contributed by atoms with Crippen LogP contribution in [0.5, 0.6) is 0 Å². The van der Waals surface area contributed by atoms with Crippen molar-refractivity contribution in [1.29, 1.82) is 0 Å². The Hall–Kier alpha value is -2.58. The number of hydrogen-bond acceptors (Lipinski definition) is 4. The number of carbonyl (C=O) groups excluding carboxylic acids is 3. The molecule has 0 radical (unpaired) electrons. The predicted octanol–water partition coefficient (Wildman–Crippen LogP) is 1.73. The number of methoxy groups -OCH3 is 1. The molecule has 1 saturated heterocycles. The van der Waals surface area contributed by atoms with E-state index in [1.807, 2.05) is 0 Å². The predicted molar refractivity (Wildman–Crippen MR) is 84.7 cm³/mol. The quantitative estimate of drug-likeness (QED) is 0.596. The van der Waals surface area contributed by atoms with Crippen LogP contribution >= 0.6 is 0 Å². The zero-order chi connectivity index (χ0) is 19.3. The molecule has 0 aromatic heterocycles. The summed E-state index contributed by atoms with van der Waals surface area (Å²) in [5.74, 6) is -6.07. The standard InChI is InChI=1S/C17H19F3N2O4/c1-26-14(24)6-5-13(23)21-7-2-8-22(10-9-21)17(25)11-3-4-12(18)16(20)15(11)19/h3-4H,2,5-10H2,1H3. The Morgan fingerprint density at radius 2 is 1.62 bits per heavy atom. The summed E-state index contributed by atoms with van der Waals surface area (Å²) in [5, 5.41) is 0. The molecule has 2 rings (SSSR count). The van der Waals surface area contributed by atoms with Crippen molar-refractivity contribution in [2.75, 3.05) is 33.3 Å². The highest BCUT2D eigenvalue weighted by Gasteiger charge is 2.26. The summed E-state index contributed by atoms with van der Waals surface area (Å²) in [5.41, 5.74) is -0.547. The summed E-state index contributed by atoms with van der Waals surface area (Å²) in [4.78, 5) is 38.4. The van der Waals surface area contributed by atoms with Crippen LogP contribution in [0.2, 0.25) is 0 Å². The van der Waals surface area contributed by atoms with Gasteiger partial charge in [-0.05, 0) is 18.6 Å². The molecule has 2 amide bonds. The molecule has 142 valence electrons. The van der Waals surface area contributed by atoms with Crippen molar-refractivity contribution >= 4 is 17.8 Å². The molecule has 0 saturated carbocycles. The fourth-order valence-electron chi connectivity index (χ4n) is 2.70. The molecule has 0 atom stereocenters. The van der Waals surface area contributed by atoms with Crippen molar-refractivity contribution in [2.24, 2.45) is 0 Å². The van der Waals surface area contributed by atoms with Crippen LogP contribution in [0, 0.1) is 17.5 Å². The molecule has 1 fully saturated rings. The molecule has 0 spiro atoms. The second kappa shape index (κ2) is 8.68. The van der Waals surface area contributed by atoms with Gasteiger partial charge in [-0.3, -0.25) is 14.4 Å². The van der Waals surface area contributed by atoms with Crippen LogP contribution in [0.25, 0.3) is 0 Å². The number of esters is 1. The van der Waals surface area contributed by atoms with E-state index in [2.05, 4.69) is 4.74 Å². The van der Waals surface area contributed by atoms with Crippen LogP contribution in [0.4, 0.5) is 13.2 Å². The van der Waals surface area contributed by atoms with Crippen molar-refractivity contribution in [2.45, 2.75) is 19.3 Å². The van der Waals surface area contributed by atoms with Gasteiger partial charge in [0.1, 0.15) is 0 Å². The Balaban J connectivity index is 2.00. The van der Waals surface area contributed by atoms with Gasteiger partial charge < -0.3 is 14.5 Å². The first-order valence-corrected chi connectivity index (χ1v) is 8.12. The second-order valence-corrected chi connectivity index (χ2v) is 5.83. The molecule has 0 aliphatic carbocycles. The number of rotatable bonds is 4. The number of benzene rings is 1. The lowest BCUT2D eigenvalue weighted by molar-refractivity contribution is -0.143. The Morgan fingerprint density at radius 3 is 2.31 bits per heavy atom. The molecule has 1 aromatic rings. The fourth-order valence-corrected chi connectivity index (χ4v) is 2.70. The average Bonchev–Trinajstić information content (AvgIpc) is 2.89. The van der Waals surface area contributed by atoms with Crippen LogP contribution in [0.3, 0.4) is 0 Å². The number of amides is 2. The number of carbonyl (C=O) groups is 3. The first kappa shape index (κ1) is 19.7. The summed E-state index contributed by atoms with van der Waals surface area (Å²) < 4.78 is 44.6. The van der Waals surface area contributed by atoms with Gasteiger partial charge in [-0.15, -0.1) is 0 Å². The van der Waals surface area contributed by atoms with Gasteiger partial charge in [0, 0.05) is 32.6 Å². The molecule has 1 heterocycles. The van der Waals surface area contributed by atoms with Gasteiger partial charge in [-0.25, -0.2) is 13.2 Å². The molecule has 1 aliphatic rings. The smallest absolute Gasteiger partial charge is 0.306 e. The minimum absolute atomic E-state index is 0.00157. The van der Waals surface area contributed by atoms with E-state index in [9.17, 15) is 27.6 Å². The van der Waals surface area contributed by atoms with E-state index >= 15 is 0 Å². The van der Waals surface area contributed by atoms with Crippen LogP contribution in [-0.4, -0.2) is 60.9 Å². The Bertz CT molecular complexity index is 711. The molecular formula is C17H19F3N2O4. The van der Waals surface area contributed by atoms with Crippen molar-refractivity contribution in [3.63, 3.8) is 0 Å². The SMILES string of the molecule is COC(=O)CCC(=O)N1CCCN(C(=O)c2ccc(F)c(F)c2F)CC1. The Labute approximate surface area is 148 Å². The zero-order valence-corrected chi connectivity index (χ0v) is 14.3. The van der Waals surface area contributed by atoms with Gasteiger partial charge in [-0.1, -0.05) is 0 Å². The lowest BCUT2D eigenvalue weighted by atomic mass is 10.1. The van der Waals surface area contributed by atoms with Crippen molar-refractivity contribution in [3.05, 3.63) is 35.1 Å². The van der Waals surface area contributed by atoms with Crippen LogP contribution in [0.1, 0.15) is 29.6 Å². The maximum atomic E-state index is 13.8. The monoisotopic (exact) mass is 372 g/mol. The molecule has 0 unspecified atom stereocenters. The van der Waals surface area contributed by atoms with Crippen LogP contribution < -0.4 is 0 Å². The molecule has 1 aromatic carbocycles. The Morgan fingerprint density at radius 1 is 0.962 bits per heavy atom. The number of ether oxygens (including phenoxy) is 1. The normalized spacial score (nSPS) is 14.8. The Kier molecular flexibility index (Phi) is 6.59. The zero-order valence-electron chi connectivity index (χ0n) is 14.3. The van der Waals surface area contributed by atoms with Crippen LogP contribution in [-0.2, 0) is 14.3 Å². The maximum Gasteiger partial charge on any atom is 0.306 e. The molecule has 6 nitrogen and oxygen atoms in total. The van der Waals surface area contributed by atoms with Gasteiger partial charge in [0.15, 0.2) is 17.5 Å². The van der Waals surface area contributed by atoms with Gasteiger partial charge in [0.25, 0.3) is 5.91 Å². The third-order valence-corrected chi connectivity index (χ3v) is 4.17. The second-order valence-electron chi connectivity index (χ2n) is 5.83. The van der Waals surface area contributed by atoms with E-state index in [1.165, 1.54) is 16.9 Å². The van der Waals surface area contributed by atoms with Crippen molar-refractivity contribution in [3.8, 4) is 0 Å². The van der Waals surface area contributed by atoms with E-state index in [0.717, 1.165) is 6.07 Å². The highest BCUT2D eigenvalue weighted by molar-refractivity contribution is 5.94. The maximum absolute atomic E-state index is 13.8. The first-order valence-electron chi connectivity index (χ1n) is 8.12. The summed E-state index contributed by atoms with van der Waals surface area (Å²) >= 11 is 0. The lowest BCUT2D eigenvalue weighted by Gasteiger charge is -2.22. The van der Waals surface area contributed by atoms with E-state index in [0.29, 0.717) is 19.0 Å². The highest BCUT2D eigenvalue weighted by atomic mass is 19.2.